The zero-order valence-electron chi connectivity index (χ0n) is 25.4. The fourth-order valence-corrected chi connectivity index (χ4v) is 4.66. The van der Waals surface area contributed by atoms with E-state index < -0.39 is 5.91 Å². The minimum atomic E-state index is -0.487. The molecule has 6 rings (SSSR count). The van der Waals surface area contributed by atoms with E-state index in [0.717, 1.165) is 17.4 Å². The highest BCUT2D eigenvalue weighted by Crippen LogP contribution is 2.36. The molecule has 1 aromatic carbocycles. The van der Waals surface area contributed by atoms with Crippen LogP contribution in [0.3, 0.4) is 0 Å². The van der Waals surface area contributed by atoms with Crippen LogP contribution < -0.4 is 24.3 Å². The minimum absolute atomic E-state index is 0.0947. The van der Waals surface area contributed by atoms with Crippen molar-refractivity contribution in [3.8, 4) is 34.4 Å². The van der Waals surface area contributed by atoms with Crippen molar-refractivity contribution in [2.45, 2.75) is 19.8 Å². The molecule has 0 atom stereocenters. The van der Waals surface area contributed by atoms with Crippen LogP contribution in [-0.2, 0) is 12.8 Å². The molecule has 5 heterocycles. The Morgan fingerprint density at radius 3 is 2.39 bits per heavy atom. The lowest BCUT2D eigenvalue weighted by atomic mass is 10.1. The summed E-state index contributed by atoms with van der Waals surface area (Å²) in [4.78, 5) is 35.1. The van der Waals surface area contributed by atoms with Gasteiger partial charge in [0, 0.05) is 36.5 Å². The SMILES string of the molecule is CCOc1cn(-c2cnc(CCc3cccnc3)nc2)nc1C(=O)Nc1ccc(Oc2ccnc3cc(OC)c(OC)cc23)cn1. The smallest absolute Gasteiger partial charge is 0.281 e. The summed E-state index contributed by atoms with van der Waals surface area (Å²) in [5.74, 6) is 2.97. The summed E-state index contributed by atoms with van der Waals surface area (Å²) in [7, 11) is 3.14. The van der Waals surface area contributed by atoms with Gasteiger partial charge in [-0.1, -0.05) is 6.07 Å². The highest BCUT2D eigenvalue weighted by atomic mass is 16.5. The Bertz CT molecular complexity index is 1950. The maximum Gasteiger partial charge on any atom is 0.281 e. The van der Waals surface area contributed by atoms with Gasteiger partial charge in [-0.2, -0.15) is 5.10 Å². The van der Waals surface area contributed by atoms with Gasteiger partial charge in [0.1, 0.15) is 28.8 Å². The predicted molar refractivity (Wildman–Crippen MR) is 169 cm³/mol. The number of nitrogens with one attached hydrogen (secondary N) is 1. The molecule has 0 aliphatic carbocycles. The Morgan fingerprint density at radius 2 is 1.67 bits per heavy atom. The van der Waals surface area contributed by atoms with E-state index in [0.29, 0.717) is 64.6 Å². The van der Waals surface area contributed by atoms with Gasteiger partial charge in [-0.25, -0.2) is 19.6 Å². The second-order valence-electron chi connectivity index (χ2n) is 9.91. The van der Waals surface area contributed by atoms with Gasteiger partial charge in [0.25, 0.3) is 5.91 Å². The molecule has 0 fully saturated rings. The number of methoxy groups -OCH3 is 2. The number of ether oxygens (including phenoxy) is 4. The number of aryl methyl sites for hydroxylation is 2. The Kier molecular flexibility index (Phi) is 8.90. The van der Waals surface area contributed by atoms with Crippen molar-refractivity contribution >= 4 is 22.6 Å². The third-order valence-corrected chi connectivity index (χ3v) is 6.92. The normalized spacial score (nSPS) is 10.8. The maximum atomic E-state index is 13.3. The number of carbonyl (C=O) groups is 1. The van der Waals surface area contributed by atoms with Crippen molar-refractivity contribution in [2.75, 3.05) is 26.1 Å². The van der Waals surface area contributed by atoms with Crippen molar-refractivity contribution in [1.82, 2.24) is 34.7 Å². The van der Waals surface area contributed by atoms with Crippen LogP contribution in [-0.4, -0.2) is 61.4 Å². The predicted octanol–water partition coefficient (Wildman–Crippen LogP) is 5.25. The van der Waals surface area contributed by atoms with E-state index in [-0.39, 0.29) is 5.69 Å². The molecule has 0 aliphatic heterocycles. The van der Waals surface area contributed by atoms with Crippen LogP contribution in [0.2, 0.25) is 0 Å². The lowest BCUT2D eigenvalue weighted by molar-refractivity contribution is 0.101. The Labute approximate surface area is 264 Å². The summed E-state index contributed by atoms with van der Waals surface area (Å²) < 4.78 is 24.1. The van der Waals surface area contributed by atoms with E-state index in [1.807, 2.05) is 25.3 Å². The monoisotopic (exact) mass is 618 g/mol. The van der Waals surface area contributed by atoms with E-state index in [4.69, 9.17) is 18.9 Å². The molecule has 0 unspecified atom stereocenters. The van der Waals surface area contributed by atoms with Crippen LogP contribution >= 0.6 is 0 Å². The minimum Gasteiger partial charge on any atom is -0.493 e. The number of anilines is 1. The lowest BCUT2D eigenvalue weighted by Gasteiger charge is -2.12. The second-order valence-corrected chi connectivity index (χ2v) is 9.91. The highest BCUT2D eigenvalue weighted by Gasteiger charge is 2.20. The molecule has 1 N–H and O–H groups in total. The number of benzene rings is 1. The van der Waals surface area contributed by atoms with Gasteiger partial charge >= 0.3 is 0 Å². The first-order valence-corrected chi connectivity index (χ1v) is 14.4. The van der Waals surface area contributed by atoms with Crippen molar-refractivity contribution < 1.29 is 23.7 Å². The molecule has 0 saturated carbocycles. The fourth-order valence-electron chi connectivity index (χ4n) is 4.66. The van der Waals surface area contributed by atoms with Crippen LogP contribution in [0.1, 0.15) is 28.8 Å². The maximum absolute atomic E-state index is 13.3. The molecule has 232 valence electrons. The molecular formula is C33H30N8O5. The molecule has 13 heteroatoms. The highest BCUT2D eigenvalue weighted by molar-refractivity contribution is 6.04. The van der Waals surface area contributed by atoms with Gasteiger partial charge in [0.15, 0.2) is 22.9 Å². The first-order chi connectivity index (χ1) is 22.5. The van der Waals surface area contributed by atoms with Gasteiger partial charge in [-0.3, -0.25) is 14.8 Å². The van der Waals surface area contributed by atoms with Crippen LogP contribution in [0.4, 0.5) is 5.82 Å². The van der Waals surface area contributed by atoms with Gasteiger partial charge in [-0.05, 0) is 49.2 Å². The Morgan fingerprint density at radius 1 is 0.848 bits per heavy atom. The number of fused-ring (bicyclic) bond motifs is 1. The number of nitrogens with zero attached hydrogens (tertiary/aromatic N) is 7. The summed E-state index contributed by atoms with van der Waals surface area (Å²) in [5.41, 5.74) is 2.47. The number of amides is 1. The fraction of sp³-hybridized carbons (Fsp3) is 0.182. The van der Waals surface area contributed by atoms with Crippen molar-refractivity contribution in [3.05, 3.63) is 103 Å². The summed E-state index contributed by atoms with van der Waals surface area (Å²) >= 11 is 0. The lowest BCUT2D eigenvalue weighted by Crippen LogP contribution is -2.15. The number of pyridine rings is 3. The summed E-state index contributed by atoms with van der Waals surface area (Å²) in [6, 6.07) is 12.6. The molecule has 0 spiro atoms. The number of rotatable bonds is 12. The van der Waals surface area contributed by atoms with E-state index in [9.17, 15) is 4.79 Å². The molecule has 1 amide bonds. The average molecular weight is 619 g/mol. The first-order valence-electron chi connectivity index (χ1n) is 14.4. The first kappa shape index (κ1) is 29.9. The molecule has 6 aromatic rings. The third kappa shape index (κ3) is 6.68. The number of hydrogen-bond acceptors (Lipinski definition) is 11. The van der Waals surface area contributed by atoms with Gasteiger partial charge < -0.3 is 24.3 Å². The van der Waals surface area contributed by atoms with Crippen molar-refractivity contribution in [3.63, 3.8) is 0 Å². The molecule has 0 bridgehead atoms. The van der Waals surface area contributed by atoms with Crippen LogP contribution in [0.25, 0.3) is 16.6 Å². The Balaban J connectivity index is 1.14. The number of aromatic nitrogens is 7. The molecule has 0 aliphatic rings. The summed E-state index contributed by atoms with van der Waals surface area (Å²) in [6.45, 7) is 2.18. The zero-order chi connectivity index (χ0) is 31.9. The quantitative estimate of drug-likeness (QED) is 0.192. The van der Waals surface area contributed by atoms with Gasteiger partial charge in [0.2, 0.25) is 0 Å². The van der Waals surface area contributed by atoms with Crippen LogP contribution in [0.5, 0.6) is 28.7 Å². The molecule has 5 aromatic heterocycles. The second kappa shape index (κ2) is 13.7. The van der Waals surface area contributed by atoms with E-state index in [1.165, 1.54) is 10.9 Å². The summed E-state index contributed by atoms with van der Waals surface area (Å²) in [5, 5.41) is 7.97. The van der Waals surface area contributed by atoms with E-state index in [2.05, 4.69) is 35.3 Å². The zero-order valence-corrected chi connectivity index (χ0v) is 25.4. The van der Waals surface area contributed by atoms with Gasteiger partial charge in [0.05, 0.1) is 51.1 Å². The molecular weight excluding hydrogens is 588 g/mol. The molecule has 0 radical (unpaired) electrons. The third-order valence-electron chi connectivity index (χ3n) is 6.92. The molecule has 46 heavy (non-hydrogen) atoms. The number of carbonyl (C=O) groups excluding carboxylic acids is 1. The number of hydrogen-bond donors (Lipinski definition) is 1. The van der Waals surface area contributed by atoms with E-state index in [1.54, 1.807) is 75.5 Å². The summed E-state index contributed by atoms with van der Waals surface area (Å²) in [6.07, 6.45) is 13.1. The molecule has 0 saturated heterocycles. The van der Waals surface area contributed by atoms with Crippen LogP contribution in [0.15, 0.2) is 85.8 Å². The van der Waals surface area contributed by atoms with E-state index >= 15 is 0 Å². The van der Waals surface area contributed by atoms with Crippen LogP contribution in [0, 0.1) is 0 Å². The largest absolute Gasteiger partial charge is 0.493 e. The molecule has 13 nitrogen and oxygen atoms in total. The van der Waals surface area contributed by atoms with Crippen molar-refractivity contribution in [2.24, 2.45) is 0 Å². The average Bonchev–Trinajstić information content (AvgIpc) is 3.52. The standard InChI is InChI=1S/C33H30N8O5/c1-4-45-29-20-41(22-17-36-30(37-18-22)9-7-21-6-5-12-34-16-21)40-32(29)33(42)39-31-10-8-23(19-38-31)46-26-11-13-35-25-15-28(44-3)27(43-2)14-24(25)26/h5-6,8,10-20H,4,7,9H2,1-3H3,(H,38,39,42). The Hall–Kier alpha value is -6.11. The topological polar surface area (TPSA) is 148 Å². The van der Waals surface area contributed by atoms with Gasteiger partial charge in [-0.15, -0.1) is 0 Å². The van der Waals surface area contributed by atoms with Crippen molar-refractivity contribution in [1.29, 1.82) is 0 Å².